The van der Waals surface area contributed by atoms with Gasteiger partial charge in [0.1, 0.15) is 71.0 Å². The molecule has 2 aromatic carbocycles. The van der Waals surface area contributed by atoms with Gasteiger partial charge in [0.25, 0.3) is 0 Å². The van der Waals surface area contributed by atoms with Crippen LogP contribution < -0.4 is 19.6 Å². The zero-order chi connectivity index (χ0) is 31.0. The van der Waals surface area contributed by atoms with E-state index in [1.54, 1.807) is 6.07 Å². The number of hydrogen-bond acceptors (Lipinski definition) is 15. The number of fused-ring (bicyclic) bond motifs is 1. The highest BCUT2D eigenvalue weighted by Gasteiger charge is 2.46. The summed E-state index contributed by atoms with van der Waals surface area (Å²) >= 11 is 0. The fourth-order valence-electron chi connectivity index (χ4n) is 4.82. The molecule has 234 valence electrons. The van der Waals surface area contributed by atoms with Crippen molar-refractivity contribution < 1.29 is 68.6 Å². The number of aromatic hydroxyl groups is 1. The number of methoxy groups -OCH3 is 2. The molecule has 15 nitrogen and oxygen atoms in total. The maximum absolute atomic E-state index is 13.3. The minimum atomic E-state index is -1.78. The number of phenolic OH excluding ortho intramolecular Hbond substituents is 1. The fourth-order valence-corrected chi connectivity index (χ4v) is 4.82. The van der Waals surface area contributed by atoms with E-state index in [1.807, 2.05) is 0 Å². The van der Waals surface area contributed by atoms with Crippen LogP contribution in [-0.4, -0.2) is 118 Å². The first-order valence-corrected chi connectivity index (χ1v) is 13.2. The Balaban J connectivity index is 1.41. The van der Waals surface area contributed by atoms with Gasteiger partial charge in [-0.15, -0.1) is 0 Å². The quantitative estimate of drug-likeness (QED) is 0.160. The lowest BCUT2D eigenvalue weighted by Crippen LogP contribution is -2.61. The third-order valence-corrected chi connectivity index (χ3v) is 7.26. The molecule has 2 fully saturated rings. The third-order valence-electron chi connectivity index (χ3n) is 7.26. The molecular formula is C28H32O15. The number of phenols is 1. The van der Waals surface area contributed by atoms with E-state index < -0.39 is 67.3 Å². The number of hydrogen-bond donors (Lipinski definition) is 7. The molecule has 5 rings (SSSR count). The number of aliphatic hydroxyl groups is 6. The van der Waals surface area contributed by atoms with E-state index in [0.29, 0.717) is 5.56 Å². The second-order valence-electron chi connectivity index (χ2n) is 10.1. The Labute approximate surface area is 243 Å². The molecule has 3 aromatic rings. The van der Waals surface area contributed by atoms with Crippen molar-refractivity contribution in [3.8, 4) is 34.3 Å². The van der Waals surface area contributed by atoms with Gasteiger partial charge in [-0.3, -0.25) is 4.79 Å². The molecule has 0 saturated carbocycles. The van der Waals surface area contributed by atoms with Crippen LogP contribution >= 0.6 is 0 Å². The van der Waals surface area contributed by atoms with Gasteiger partial charge >= 0.3 is 0 Å². The molecule has 2 aliphatic heterocycles. The molecular weight excluding hydrogens is 576 g/mol. The lowest BCUT2D eigenvalue weighted by atomic mass is 9.99. The van der Waals surface area contributed by atoms with Crippen LogP contribution in [0.15, 0.2) is 45.6 Å². The van der Waals surface area contributed by atoms with Gasteiger partial charge in [0.2, 0.25) is 6.29 Å². The number of aliphatic hydroxyl groups excluding tert-OH is 6. The van der Waals surface area contributed by atoms with Crippen molar-refractivity contribution in [1.82, 2.24) is 0 Å². The minimum absolute atomic E-state index is 0.0297. The van der Waals surface area contributed by atoms with Gasteiger partial charge < -0.3 is 68.6 Å². The Kier molecular flexibility index (Phi) is 9.07. The molecule has 0 unspecified atom stereocenters. The first kappa shape index (κ1) is 30.9. The van der Waals surface area contributed by atoms with Crippen molar-refractivity contribution in [2.75, 3.05) is 27.4 Å². The molecule has 9 atom stereocenters. The van der Waals surface area contributed by atoms with Gasteiger partial charge in [0.15, 0.2) is 23.2 Å². The van der Waals surface area contributed by atoms with Gasteiger partial charge in [-0.2, -0.15) is 0 Å². The molecule has 3 heterocycles. The Morgan fingerprint density at radius 1 is 0.837 bits per heavy atom. The first-order valence-electron chi connectivity index (χ1n) is 13.2. The van der Waals surface area contributed by atoms with Crippen LogP contribution in [0, 0.1) is 0 Å². The van der Waals surface area contributed by atoms with Crippen LogP contribution in [0.5, 0.6) is 23.0 Å². The lowest BCUT2D eigenvalue weighted by molar-refractivity contribution is -0.307. The normalized spacial score (nSPS) is 31.1. The summed E-state index contributed by atoms with van der Waals surface area (Å²) in [5.41, 5.74) is -0.149. The second-order valence-corrected chi connectivity index (χ2v) is 10.1. The fraction of sp³-hybridized carbons (Fsp3) is 0.464. The van der Waals surface area contributed by atoms with Gasteiger partial charge in [0.05, 0.1) is 27.4 Å². The smallest absolute Gasteiger partial charge is 0.229 e. The maximum atomic E-state index is 13.3. The number of rotatable bonds is 8. The molecule has 43 heavy (non-hydrogen) atoms. The summed E-state index contributed by atoms with van der Waals surface area (Å²) in [6.07, 6.45) is -14.0. The Hall–Kier alpha value is -3.51. The molecule has 0 radical (unpaired) electrons. The highest BCUT2D eigenvalue weighted by molar-refractivity contribution is 5.86. The summed E-state index contributed by atoms with van der Waals surface area (Å²) in [6, 6.07) is 8.41. The zero-order valence-corrected chi connectivity index (χ0v) is 23.0. The third kappa shape index (κ3) is 6.12. The van der Waals surface area contributed by atoms with E-state index in [2.05, 4.69) is 0 Å². The van der Waals surface area contributed by atoms with Gasteiger partial charge in [-0.05, 0) is 18.2 Å². The molecule has 2 aliphatic rings. The predicted octanol–water partition coefficient (Wildman–Crippen LogP) is -1.18. The number of benzene rings is 2. The summed E-state index contributed by atoms with van der Waals surface area (Å²) < 4.78 is 38.4. The summed E-state index contributed by atoms with van der Waals surface area (Å²) in [5.74, 6) is 0.241. The van der Waals surface area contributed by atoms with Crippen LogP contribution in [0.2, 0.25) is 0 Å². The Bertz CT molecular complexity index is 1490. The van der Waals surface area contributed by atoms with Gasteiger partial charge in [0, 0.05) is 23.8 Å². The molecule has 15 heteroatoms. The highest BCUT2D eigenvalue weighted by Crippen LogP contribution is 2.36. The molecule has 7 N–H and O–H groups in total. The molecule has 0 aliphatic carbocycles. The van der Waals surface area contributed by atoms with E-state index in [0.717, 1.165) is 0 Å². The maximum Gasteiger partial charge on any atom is 0.229 e. The lowest BCUT2D eigenvalue weighted by Gasteiger charge is -2.41. The average Bonchev–Trinajstić information content (AvgIpc) is 2.99. The summed E-state index contributed by atoms with van der Waals surface area (Å²) in [7, 11) is 2.76. The summed E-state index contributed by atoms with van der Waals surface area (Å²) in [6.45, 7) is -0.814. The van der Waals surface area contributed by atoms with Crippen molar-refractivity contribution in [1.29, 1.82) is 0 Å². The average molecular weight is 609 g/mol. The van der Waals surface area contributed by atoms with Gasteiger partial charge in [-0.1, -0.05) is 0 Å². The monoisotopic (exact) mass is 608 g/mol. The van der Waals surface area contributed by atoms with Crippen LogP contribution in [0.25, 0.3) is 22.3 Å². The van der Waals surface area contributed by atoms with Crippen molar-refractivity contribution in [3.63, 3.8) is 0 Å². The largest absolute Gasteiger partial charge is 0.504 e. The molecule has 2 saturated heterocycles. The van der Waals surface area contributed by atoms with Crippen LogP contribution in [0.1, 0.15) is 0 Å². The predicted molar refractivity (Wildman–Crippen MR) is 144 cm³/mol. The molecule has 1 aromatic heterocycles. The minimum Gasteiger partial charge on any atom is -0.504 e. The van der Waals surface area contributed by atoms with Gasteiger partial charge in [-0.25, -0.2) is 0 Å². The van der Waals surface area contributed by atoms with Crippen molar-refractivity contribution in [2.45, 2.75) is 55.3 Å². The van der Waals surface area contributed by atoms with Crippen LogP contribution in [0.4, 0.5) is 0 Å². The number of ether oxygens (including phenoxy) is 6. The Morgan fingerprint density at radius 3 is 2.28 bits per heavy atom. The van der Waals surface area contributed by atoms with Crippen molar-refractivity contribution in [2.24, 2.45) is 0 Å². The van der Waals surface area contributed by atoms with E-state index in [1.165, 1.54) is 44.6 Å². The second kappa shape index (κ2) is 12.6. The molecule has 0 amide bonds. The first-order chi connectivity index (χ1) is 20.5. The SMILES string of the molecule is COc1cc(O[C@@H]2O[C@H](CO[C@H]3OC[C@H](O)[C@@H](O)[C@H]3O)[C@@H](O)[C@H](O)[C@H]2O)c2c(=O)cc(-c3ccc(OC)c(O)c3)oc2c1. The van der Waals surface area contributed by atoms with E-state index in [4.69, 9.17) is 32.8 Å². The molecule has 0 spiro atoms. The van der Waals surface area contributed by atoms with Crippen LogP contribution in [-0.2, 0) is 14.2 Å². The van der Waals surface area contributed by atoms with E-state index >= 15 is 0 Å². The zero-order valence-electron chi connectivity index (χ0n) is 23.0. The Morgan fingerprint density at radius 2 is 1.58 bits per heavy atom. The molecule has 0 bridgehead atoms. The van der Waals surface area contributed by atoms with Crippen molar-refractivity contribution >= 4 is 11.0 Å². The standard InChI is InChI=1S/C28H32O15/c1-37-12-6-18-21(14(30)8-17(41-18)11-3-4-16(38-2)13(29)5-11)19(7-12)42-28-26(36)24(34)23(33)20(43-28)10-40-27-25(35)22(32)15(31)9-39-27/h3-8,15,20,22-29,31-36H,9-10H2,1-2H3/t15-,20+,22+,23+,24-,25+,26+,27+,28+/m0/s1. The summed E-state index contributed by atoms with van der Waals surface area (Å²) in [5, 5.41) is 71.4. The van der Waals surface area contributed by atoms with Crippen molar-refractivity contribution in [3.05, 3.63) is 46.6 Å². The highest BCUT2D eigenvalue weighted by atomic mass is 16.7. The summed E-state index contributed by atoms with van der Waals surface area (Å²) in [4.78, 5) is 13.3. The van der Waals surface area contributed by atoms with E-state index in [-0.39, 0.29) is 46.3 Å². The topological polar surface area (TPSA) is 227 Å². The van der Waals surface area contributed by atoms with Crippen LogP contribution in [0.3, 0.4) is 0 Å². The van der Waals surface area contributed by atoms with E-state index in [9.17, 15) is 40.5 Å².